The van der Waals surface area contributed by atoms with E-state index in [2.05, 4.69) is 10.3 Å². The number of aryl methyl sites for hydroxylation is 1. The van der Waals surface area contributed by atoms with Gasteiger partial charge in [0.05, 0.1) is 30.7 Å². The van der Waals surface area contributed by atoms with Gasteiger partial charge in [-0.15, -0.1) is 5.10 Å². The summed E-state index contributed by atoms with van der Waals surface area (Å²) in [5, 5.41) is 8.56. The molecule has 0 unspecified atom stereocenters. The van der Waals surface area contributed by atoms with Crippen LogP contribution in [0.4, 0.5) is 0 Å². The zero-order valence-electron chi connectivity index (χ0n) is 14.1. The topological polar surface area (TPSA) is 77.3 Å². The molecule has 1 aliphatic carbocycles. The maximum Gasteiger partial charge on any atom is 0.277 e. The predicted molar refractivity (Wildman–Crippen MR) is 92.1 cm³/mol. The third-order valence-corrected chi connectivity index (χ3v) is 5.22. The lowest BCUT2D eigenvalue weighted by Crippen LogP contribution is -2.55. The van der Waals surface area contributed by atoms with Crippen LogP contribution in [0.5, 0.6) is 0 Å². The van der Waals surface area contributed by atoms with E-state index in [-0.39, 0.29) is 36.6 Å². The van der Waals surface area contributed by atoms with E-state index in [4.69, 9.17) is 4.74 Å². The number of nitrogens with zero attached hydrogens (tertiary/aromatic N) is 4. The third kappa shape index (κ3) is 3.16. The van der Waals surface area contributed by atoms with Crippen molar-refractivity contribution in [3.63, 3.8) is 0 Å². The van der Waals surface area contributed by atoms with Crippen molar-refractivity contribution < 1.29 is 9.53 Å². The number of hydrogen-bond donors (Lipinski definition) is 0. The van der Waals surface area contributed by atoms with Gasteiger partial charge in [0.2, 0.25) is 5.91 Å². The van der Waals surface area contributed by atoms with Gasteiger partial charge in [0.15, 0.2) is 0 Å². The average molecular weight is 342 g/mol. The third-order valence-electron chi connectivity index (χ3n) is 5.22. The number of amides is 1. The van der Waals surface area contributed by atoms with Gasteiger partial charge in [-0.2, -0.15) is 0 Å². The Hall–Kier alpha value is -2.28. The van der Waals surface area contributed by atoms with Gasteiger partial charge in [-0.05, 0) is 25.0 Å². The maximum absolute atomic E-state index is 12.7. The lowest BCUT2D eigenvalue weighted by Gasteiger charge is -2.43. The molecule has 0 N–H and O–H groups in total. The summed E-state index contributed by atoms with van der Waals surface area (Å²) in [7, 11) is 0. The van der Waals surface area contributed by atoms with Crippen LogP contribution in [-0.4, -0.2) is 51.1 Å². The highest BCUT2D eigenvalue weighted by atomic mass is 16.5. The zero-order valence-corrected chi connectivity index (χ0v) is 14.1. The Bertz CT molecular complexity index is 832. The van der Waals surface area contributed by atoms with Crippen LogP contribution in [0.3, 0.4) is 0 Å². The monoisotopic (exact) mass is 342 g/mol. The fraction of sp³-hybridized carbons (Fsp3) is 0.556. The van der Waals surface area contributed by atoms with Gasteiger partial charge in [0.1, 0.15) is 5.52 Å². The Kier molecular flexibility index (Phi) is 4.48. The molecule has 4 rings (SSSR count). The van der Waals surface area contributed by atoms with Gasteiger partial charge < -0.3 is 9.64 Å². The van der Waals surface area contributed by atoms with Crippen LogP contribution in [-0.2, 0) is 16.1 Å². The molecule has 0 radical (unpaired) electrons. The van der Waals surface area contributed by atoms with E-state index in [0.717, 1.165) is 19.3 Å². The maximum atomic E-state index is 12.7. The summed E-state index contributed by atoms with van der Waals surface area (Å²) in [6.45, 7) is 1.49. The molecular formula is C18H22N4O3. The van der Waals surface area contributed by atoms with Crippen molar-refractivity contribution in [2.24, 2.45) is 0 Å². The summed E-state index contributed by atoms with van der Waals surface area (Å²) in [6.07, 6.45) is 4.79. The van der Waals surface area contributed by atoms with Crippen LogP contribution >= 0.6 is 0 Å². The standard InChI is InChI=1S/C18H22N4O3/c23-17(21-11-12-25-16-8-4-3-7-15(16)21)9-10-22-18(24)13-5-1-2-6-14(13)19-20-22/h1-2,5-6,15-16H,3-4,7-12H2/t15-,16+/m0/s1. The van der Waals surface area contributed by atoms with E-state index < -0.39 is 0 Å². The molecule has 1 saturated carbocycles. The Labute approximate surface area is 145 Å². The van der Waals surface area contributed by atoms with Gasteiger partial charge in [-0.25, -0.2) is 4.68 Å². The summed E-state index contributed by atoms with van der Waals surface area (Å²) < 4.78 is 7.11. The first kappa shape index (κ1) is 16.2. The van der Waals surface area contributed by atoms with Gasteiger partial charge in [0, 0.05) is 13.0 Å². The van der Waals surface area contributed by atoms with Crippen LogP contribution < -0.4 is 5.56 Å². The molecule has 7 nitrogen and oxygen atoms in total. The van der Waals surface area contributed by atoms with Crippen molar-refractivity contribution in [1.29, 1.82) is 0 Å². The Morgan fingerprint density at radius 1 is 1.24 bits per heavy atom. The van der Waals surface area contributed by atoms with Crippen molar-refractivity contribution in [2.75, 3.05) is 13.2 Å². The van der Waals surface area contributed by atoms with Crippen LogP contribution in [0.2, 0.25) is 0 Å². The first-order valence-electron chi connectivity index (χ1n) is 8.97. The molecule has 0 spiro atoms. The number of ether oxygens (including phenoxy) is 1. The second-order valence-electron chi connectivity index (χ2n) is 6.73. The molecule has 1 aliphatic heterocycles. The molecule has 0 bridgehead atoms. The molecule has 2 fully saturated rings. The van der Waals surface area contributed by atoms with Crippen molar-refractivity contribution in [1.82, 2.24) is 19.9 Å². The van der Waals surface area contributed by atoms with E-state index in [1.165, 1.54) is 11.1 Å². The number of carbonyl (C=O) groups is 1. The van der Waals surface area contributed by atoms with E-state index >= 15 is 0 Å². The highest BCUT2D eigenvalue weighted by Crippen LogP contribution is 2.28. The second kappa shape index (κ2) is 6.92. The summed E-state index contributed by atoms with van der Waals surface area (Å²) in [5.41, 5.74) is 0.379. The van der Waals surface area contributed by atoms with E-state index in [1.54, 1.807) is 18.2 Å². The van der Waals surface area contributed by atoms with Crippen LogP contribution in [0.25, 0.3) is 10.9 Å². The fourth-order valence-electron chi connectivity index (χ4n) is 3.92. The number of hydrogen-bond acceptors (Lipinski definition) is 5. The molecule has 2 aromatic rings. The number of carbonyl (C=O) groups excluding carboxylic acids is 1. The number of morpholine rings is 1. The first-order chi connectivity index (χ1) is 12.2. The molecule has 2 aliphatic rings. The predicted octanol–water partition coefficient (Wildman–Crippen LogP) is 1.35. The van der Waals surface area contributed by atoms with Gasteiger partial charge >= 0.3 is 0 Å². The van der Waals surface area contributed by atoms with Crippen molar-refractivity contribution >= 4 is 16.8 Å². The highest BCUT2D eigenvalue weighted by Gasteiger charge is 2.36. The van der Waals surface area contributed by atoms with Crippen molar-refractivity contribution in [3.8, 4) is 0 Å². The quantitative estimate of drug-likeness (QED) is 0.841. The minimum atomic E-state index is -0.198. The van der Waals surface area contributed by atoms with Crippen LogP contribution in [0.1, 0.15) is 32.1 Å². The highest BCUT2D eigenvalue weighted by molar-refractivity contribution is 5.77. The molecule has 1 amide bonds. The molecule has 132 valence electrons. The van der Waals surface area contributed by atoms with Crippen molar-refractivity contribution in [2.45, 2.75) is 50.8 Å². The van der Waals surface area contributed by atoms with E-state index in [0.29, 0.717) is 24.1 Å². The summed E-state index contributed by atoms with van der Waals surface area (Å²) in [5.74, 6) is 0.0714. The Morgan fingerprint density at radius 2 is 2.08 bits per heavy atom. The fourth-order valence-corrected chi connectivity index (χ4v) is 3.92. The van der Waals surface area contributed by atoms with E-state index in [9.17, 15) is 9.59 Å². The van der Waals surface area contributed by atoms with Crippen LogP contribution in [0.15, 0.2) is 29.1 Å². The molecule has 1 saturated heterocycles. The smallest absolute Gasteiger partial charge is 0.277 e. The second-order valence-corrected chi connectivity index (χ2v) is 6.73. The number of aromatic nitrogens is 3. The zero-order chi connectivity index (χ0) is 17.2. The van der Waals surface area contributed by atoms with Crippen molar-refractivity contribution in [3.05, 3.63) is 34.6 Å². The molecule has 2 heterocycles. The molecular weight excluding hydrogens is 320 g/mol. The van der Waals surface area contributed by atoms with E-state index in [1.807, 2.05) is 11.0 Å². The summed E-state index contributed by atoms with van der Waals surface area (Å²) in [6, 6.07) is 7.31. The normalized spacial score (nSPS) is 23.4. The molecule has 1 aromatic heterocycles. The van der Waals surface area contributed by atoms with Gasteiger partial charge in [0.25, 0.3) is 5.56 Å². The summed E-state index contributed by atoms with van der Waals surface area (Å²) in [4.78, 5) is 27.1. The van der Waals surface area contributed by atoms with Gasteiger partial charge in [-0.1, -0.05) is 30.2 Å². The average Bonchev–Trinajstić information content (AvgIpc) is 2.67. The Morgan fingerprint density at radius 3 is 3.00 bits per heavy atom. The minimum absolute atomic E-state index is 0.0714. The molecule has 2 atom stereocenters. The van der Waals surface area contributed by atoms with Crippen LogP contribution in [0, 0.1) is 0 Å². The molecule has 25 heavy (non-hydrogen) atoms. The SMILES string of the molecule is O=C(CCn1nnc2ccccc2c1=O)N1CCO[C@@H]2CCCC[C@@H]21. The number of benzene rings is 1. The molecule has 7 heteroatoms. The minimum Gasteiger partial charge on any atom is -0.374 e. The summed E-state index contributed by atoms with van der Waals surface area (Å²) >= 11 is 0. The number of fused-ring (bicyclic) bond motifs is 2. The molecule has 1 aromatic carbocycles. The largest absolute Gasteiger partial charge is 0.374 e. The Balaban J connectivity index is 1.46. The number of rotatable bonds is 3. The lowest BCUT2D eigenvalue weighted by molar-refractivity contribution is -0.149. The lowest BCUT2D eigenvalue weighted by atomic mass is 9.90. The van der Waals surface area contributed by atoms with Gasteiger partial charge in [-0.3, -0.25) is 9.59 Å². The first-order valence-corrected chi connectivity index (χ1v) is 8.97.